The summed E-state index contributed by atoms with van der Waals surface area (Å²) in [6, 6.07) is 14.4. The molecule has 0 aliphatic rings. The molecule has 0 spiro atoms. The molecule has 0 radical (unpaired) electrons. The minimum absolute atomic E-state index is 0.514. The number of benzene rings is 2. The third-order valence-corrected chi connectivity index (χ3v) is 3.74. The molecule has 0 saturated carbocycles. The highest BCUT2D eigenvalue weighted by Gasteiger charge is 2.06. The van der Waals surface area contributed by atoms with Crippen molar-refractivity contribution in [3.8, 4) is 5.75 Å². The molecule has 0 aliphatic carbocycles. The van der Waals surface area contributed by atoms with E-state index in [0.717, 1.165) is 28.8 Å². The third-order valence-electron chi connectivity index (χ3n) is 3.25. The van der Waals surface area contributed by atoms with Crippen LogP contribution in [0.5, 0.6) is 5.75 Å². The zero-order chi connectivity index (χ0) is 15.1. The van der Waals surface area contributed by atoms with Crippen LogP contribution in [0.25, 0.3) is 0 Å². The minimum Gasteiger partial charge on any atom is -0.489 e. The number of halogens is 1. The minimum atomic E-state index is 0.514. The van der Waals surface area contributed by atoms with Gasteiger partial charge in [0.2, 0.25) is 0 Å². The van der Waals surface area contributed by atoms with E-state index in [4.69, 9.17) is 4.74 Å². The summed E-state index contributed by atoms with van der Waals surface area (Å²) in [5.74, 6) is 0.888. The first-order valence-corrected chi connectivity index (χ1v) is 7.87. The predicted octanol–water partition coefficient (Wildman–Crippen LogP) is 5.19. The Morgan fingerprint density at radius 1 is 1.19 bits per heavy atom. The Morgan fingerprint density at radius 3 is 2.76 bits per heavy atom. The molecule has 2 rings (SSSR count). The van der Waals surface area contributed by atoms with Gasteiger partial charge in [-0.05, 0) is 36.2 Å². The number of rotatable bonds is 7. The predicted molar refractivity (Wildman–Crippen MR) is 93.0 cm³/mol. The van der Waals surface area contributed by atoms with Crippen molar-refractivity contribution in [1.29, 1.82) is 0 Å². The molecule has 0 heterocycles. The van der Waals surface area contributed by atoms with Crippen LogP contribution in [0.3, 0.4) is 0 Å². The normalized spacial score (nSPS) is 10.2. The lowest BCUT2D eigenvalue weighted by Gasteiger charge is -2.14. The number of anilines is 1. The van der Waals surface area contributed by atoms with E-state index in [1.54, 1.807) is 6.08 Å². The van der Waals surface area contributed by atoms with Crippen LogP contribution in [0.4, 0.5) is 5.69 Å². The van der Waals surface area contributed by atoms with Gasteiger partial charge in [0.25, 0.3) is 0 Å². The largest absolute Gasteiger partial charge is 0.489 e. The maximum absolute atomic E-state index is 5.71. The Kier molecular flexibility index (Phi) is 5.88. The molecule has 2 aromatic carbocycles. The Labute approximate surface area is 135 Å². The Hall–Kier alpha value is -1.74. The topological polar surface area (TPSA) is 21.3 Å². The van der Waals surface area contributed by atoms with Crippen molar-refractivity contribution in [2.75, 3.05) is 11.9 Å². The van der Waals surface area contributed by atoms with E-state index in [1.807, 2.05) is 12.1 Å². The van der Waals surface area contributed by atoms with E-state index in [0.29, 0.717) is 6.61 Å². The zero-order valence-electron chi connectivity index (χ0n) is 12.2. The van der Waals surface area contributed by atoms with Crippen molar-refractivity contribution in [3.63, 3.8) is 0 Å². The number of para-hydroxylation sites is 1. The van der Waals surface area contributed by atoms with E-state index in [9.17, 15) is 0 Å². The average molecular weight is 346 g/mol. The summed E-state index contributed by atoms with van der Waals surface area (Å²) in [6.45, 7) is 7.09. The lowest BCUT2D eigenvalue weighted by atomic mass is 10.1. The van der Waals surface area contributed by atoms with Crippen LogP contribution in [-0.2, 0) is 13.0 Å². The Balaban J connectivity index is 2.14. The highest BCUT2D eigenvalue weighted by atomic mass is 79.9. The number of nitrogens with one attached hydrogen (secondary N) is 1. The van der Waals surface area contributed by atoms with E-state index in [1.165, 1.54) is 11.3 Å². The molecule has 0 atom stereocenters. The van der Waals surface area contributed by atoms with Crippen molar-refractivity contribution >= 4 is 21.6 Å². The highest BCUT2D eigenvalue weighted by Crippen LogP contribution is 2.25. The molecular weight excluding hydrogens is 326 g/mol. The fraction of sp³-hybridized carbons (Fsp3) is 0.222. The first-order valence-electron chi connectivity index (χ1n) is 7.08. The SMILES string of the molecule is C=CCOc1ccc(Br)cc1CNc1ccccc1CC. The molecule has 0 fully saturated rings. The molecular formula is C18H20BrNO. The second kappa shape index (κ2) is 7.89. The van der Waals surface area contributed by atoms with Gasteiger partial charge in [-0.2, -0.15) is 0 Å². The molecule has 0 aliphatic heterocycles. The van der Waals surface area contributed by atoms with Crippen molar-refractivity contribution < 1.29 is 4.74 Å². The monoisotopic (exact) mass is 345 g/mol. The first-order chi connectivity index (χ1) is 10.2. The van der Waals surface area contributed by atoms with Crippen LogP contribution in [0.2, 0.25) is 0 Å². The lowest BCUT2D eigenvalue weighted by Crippen LogP contribution is -2.05. The maximum Gasteiger partial charge on any atom is 0.124 e. The molecule has 0 unspecified atom stereocenters. The molecule has 110 valence electrons. The number of hydrogen-bond donors (Lipinski definition) is 1. The van der Waals surface area contributed by atoms with Crippen molar-refractivity contribution in [2.24, 2.45) is 0 Å². The summed E-state index contributed by atoms with van der Waals surface area (Å²) in [6.07, 6.45) is 2.77. The van der Waals surface area contributed by atoms with Crippen molar-refractivity contribution in [2.45, 2.75) is 19.9 Å². The summed E-state index contributed by atoms with van der Waals surface area (Å²) in [4.78, 5) is 0. The lowest BCUT2D eigenvalue weighted by molar-refractivity contribution is 0.359. The van der Waals surface area contributed by atoms with Gasteiger partial charge in [0.15, 0.2) is 0 Å². The first kappa shape index (κ1) is 15.6. The molecule has 0 aromatic heterocycles. The molecule has 0 amide bonds. The van der Waals surface area contributed by atoms with Gasteiger partial charge in [-0.3, -0.25) is 0 Å². The van der Waals surface area contributed by atoms with E-state index in [2.05, 4.69) is 65.1 Å². The molecule has 1 N–H and O–H groups in total. The van der Waals surface area contributed by atoms with E-state index in [-0.39, 0.29) is 0 Å². The number of aryl methyl sites for hydroxylation is 1. The smallest absolute Gasteiger partial charge is 0.124 e. The van der Waals surface area contributed by atoms with Gasteiger partial charge >= 0.3 is 0 Å². The van der Waals surface area contributed by atoms with Gasteiger partial charge < -0.3 is 10.1 Å². The van der Waals surface area contributed by atoms with Crippen LogP contribution in [-0.4, -0.2) is 6.61 Å². The fourth-order valence-corrected chi connectivity index (χ4v) is 2.58. The molecule has 2 nitrogen and oxygen atoms in total. The summed E-state index contributed by atoms with van der Waals surface area (Å²) < 4.78 is 6.76. The second-order valence-electron chi connectivity index (χ2n) is 4.72. The highest BCUT2D eigenvalue weighted by molar-refractivity contribution is 9.10. The van der Waals surface area contributed by atoms with Gasteiger partial charge in [-0.1, -0.05) is 53.7 Å². The Morgan fingerprint density at radius 2 is 2.00 bits per heavy atom. The van der Waals surface area contributed by atoms with Crippen molar-refractivity contribution in [3.05, 3.63) is 70.7 Å². The number of ether oxygens (including phenoxy) is 1. The summed E-state index contributed by atoms with van der Waals surface area (Å²) in [7, 11) is 0. The standard InChI is InChI=1S/C18H20BrNO/c1-3-11-21-18-10-9-16(19)12-15(18)13-20-17-8-6-5-7-14(17)4-2/h3,5-10,12,20H,1,4,11,13H2,2H3. The Bertz CT molecular complexity index is 610. The zero-order valence-corrected chi connectivity index (χ0v) is 13.8. The molecule has 3 heteroatoms. The van der Waals surface area contributed by atoms with Crippen LogP contribution in [0, 0.1) is 0 Å². The van der Waals surface area contributed by atoms with Crippen LogP contribution in [0.1, 0.15) is 18.1 Å². The van der Waals surface area contributed by atoms with Crippen LogP contribution < -0.4 is 10.1 Å². The van der Waals surface area contributed by atoms with Crippen LogP contribution >= 0.6 is 15.9 Å². The van der Waals surface area contributed by atoms with Gasteiger partial charge in [-0.15, -0.1) is 0 Å². The summed E-state index contributed by atoms with van der Waals surface area (Å²) >= 11 is 3.52. The summed E-state index contributed by atoms with van der Waals surface area (Å²) in [5.41, 5.74) is 3.62. The quantitative estimate of drug-likeness (QED) is 0.697. The fourth-order valence-electron chi connectivity index (χ4n) is 2.17. The van der Waals surface area contributed by atoms with Gasteiger partial charge in [0.05, 0.1) is 0 Å². The van der Waals surface area contributed by atoms with E-state index < -0.39 is 0 Å². The second-order valence-corrected chi connectivity index (χ2v) is 5.63. The third kappa shape index (κ3) is 4.36. The summed E-state index contributed by atoms with van der Waals surface area (Å²) in [5, 5.41) is 3.50. The van der Waals surface area contributed by atoms with Gasteiger partial charge in [0, 0.05) is 22.3 Å². The van der Waals surface area contributed by atoms with Gasteiger partial charge in [-0.25, -0.2) is 0 Å². The van der Waals surface area contributed by atoms with Crippen molar-refractivity contribution in [1.82, 2.24) is 0 Å². The van der Waals surface area contributed by atoms with Gasteiger partial charge in [0.1, 0.15) is 12.4 Å². The average Bonchev–Trinajstić information content (AvgIpc) is 2.52. The van der Waals surface area contributed by atoms with E-state index >= 15 is 0 Å². The molecule has 21 heavy (non-hydrogen) atoms. The maximum atomic E-state index is 5.71. The molecule has 0 bridgehead atoms. The number of hydrogen-bond acceptors (Lipinski definition) is 2. The molecule has 0 saturated heterocycles. The molecule has 2 aromatic rings. The van der Waals surface area contributed by atoms with Crippen LogP contribution in [0.15, 0.2) is 59.6 Å².